The van der Waals surface area contributed by atoms with Crippen LogP contribution in [0.2, 0.25) is 0 Å². The van der Waals surface area contributed by atoms with E-state index >= 15 is 0 Å². The Morgan fingerprint density at radius 3 is 2.48 bits per heavy atom. The Kier molecular flexibility index (Phi) is 4.49. The van der Waals surface area contributed by atoms with Crippen LogP contribution >= 0.6 is 0 Å². The summed E-state index contributed by atoms with van der Waals surface area (Å²) in [5.74, 6) is -0.483. The number of benzene rings is 2. The highest BCUT2D eigenvalue weighted by atomic mass is 16.1. The molecule has 4 aromatic rings. The molecule has 0 atom stereocenters. The Labute approximate surface area is 157 Å². The first kappa shape index (κ1) is 16.7. The van der Waals surface area contributed by atoms with Gasteiger partial charge in [0.25, 0.3) is 0 Å². The molecule has 2 N–H and O–H groups in total. The summed E-state index contributed by atoms with van der Waals surface area (Å²) in [6.45, 7) is 0.520. The number of aromatic nitrogens is 3. The van der Waals surface area contributed by atoms with Gasteiger partial charge in [-0.05, 0) is 34.9 Å². The van der Waals surface area contributed by atoms with Crippen molar-refractivity contribution in [2.45, 2.75) is 6.54 Å². The molecule has 132 valence electrons. The fraction of sp³-hybridized carbons (Fsp3) is 0.0455. The third-order valence-electron chi connectivity index (χ3n) is 4.33. The van der Waals surface area contributed by atoms with Gasteiger partial charge in [-0.15, -0.1) is 0 Å². The van der Waals surface area contributed by atoms with Crippen LogP contribution < -0.4 is 5.73 Å². The van der Waals surface area contributed by atoms with E-state index in [-0.39, 0.29) is 0 Å². The summed E-state index contributed by atoms with van der Waals surface area (Å²) in [5, 5.41) is 4.66. The quantitative estimate of drug-likeness (QED) is 0.593. The van der Waals surface area contributed by atoms with Crippen LogP contribution in [0.15, 0.2) is 85.3 Å². The number of carbonyl (C=O) groups is 1. The minimum absolute atomic E-state index is 0.399. The molecule has 2 aromatic carbocycles. The normalized spacial score (nSPS) is 10.7. The zero-order chi connectivity index (χ0) is 18.6. The van der Waals surface area contributed by atoms with Crippen LogP contribution in [-0.4, -0.2) is 20.7 Å². The predicted octanol–water partition coefficient (Wildman–Crippen LogP) is 3.76. The fourth-order valence-corrected chi connectivity index (χ4v) is 2.99. The van der Waals surface area contributed by atoms with Crippen molar-refractivity contribution >= 4 is 5.91 Å². The van der Waals surface area contributed by atoms with Gasteiger partial charge in [-0.25, -0.2) is 0 Å². The van der Waals surface area contributed by atoms with E-state index in [2.05, 4.69) is 34.3 Å². The molecule has 2 aromatic heterocycles. The van der Waals surface area contributed by atoms with E-state index in [0.717, 1.165) is 22.4 Å². The predicted molar refractivity (Wildman–Crippen MR) is 105 cm³/mol. The summed E-state index contributed by atoms with van der Waals surface area (Å²) in [5.41, 5.74) is 10.9. The Morgan fingerprint density at radius 2 is 1.67 bits per heavy atom. The van der Waals surface area contributed by atoms with Gasteiger partial charge in [0.05, 0.1) is 17.8 Å². The number of hydrogen-bond donors (Lipinski definition) is 1. The Balaban J connectivity index is 1.58. The lowest BCUT2D eigenvalue weighted by atomic mass is 10.0. The molecular formula is C22H18N4O. The average molecular weight is 354 g/mol. The van der Waals surface area contributed by atoms with Crippen LogP contribution in [0.25, 0.3) is 22.4 Å². The highest BCUT2D eigenvalue weighted by Gasteiger charge is 2.07. The molecule has 5 heteroatoms. The second-order valence-corrected chi connectivity index (χ2v) is 6.29. The van der Waals surface area contributed by atoms with Crippen LogP contribution in [0, 0.1) is 0 Å². The van der Waals surface area contributed by atoms with Crippen molar-refractivity contribution in [1.82, 2.24) is 14.8 Å². The molecule has 0 saturated carbocycles. The lowest BCUT2D eigenvalue weighted by molar-refractivity contribution is 0.1000. The summed E-state index contributed by atoms with van der Waals surface area (Å²) in [6, 6.07) is 22.3. The summed E-state index contributed by atoms with van der Waals surface area (Å²) >= 11 is 0. The summed E-state index contributed by atoms with van der Waals surface area (Å²) in [7, 11) is 0. The SMILES string of the molecule is NC(=O)c1cncc(Cn2ccc(-c3cccc(-c4ccccc4)c3)n2)c1. The Morgan fingerprint density at radius 1 is 0.889 bits per heavy atom. The maximum absolute atomic E-state index is 11.3. The van der Waals surface area contributed by atoms with Crippen molar-refractivity contribution < 1.29 is 4.79 Å². The topological polar surface area (TPSA) is 73.8 Å². The van der Waals surface area contributed by atoms with Gasteiger partial charge in [0, 0.05) is 24.2 Å². The fourth-order valence-electron chi connectivity index (χ4n) is 2.99. The molecule has 0 spiro atoms. The highest BCUT2D eigenvalue weighted by molar-refractivity contribution is 5.92. The number of pyridine rings is 1. The highest BCUT2D eigenvalue weighted by Crippen LogP contribution is 2.25. The zero-order valence-corrected chi connectivity index (χ0v) is 14.6. The third kappa shape index (κ3) is 3.77. The monoisotopic (exact) mass is 354 g/mol. The number of amides is 1. The number of hydrogen-bond acceptors (Lipinski definition) is 3. The van der Waals surface area contributed by atoms with Gasteiger partial charge < -0.3 is 5.73 Å². The van der Waals surface area contributed by atoms with Gasteiger partial charge in [0.1, 0.15) is 0 Å². The standard InChI is InChI=1S/C22H18N4O/c23-22(27)20-11-16(13-24-14-20)15-26-10-9-21(25-26)19-8-4-7-18(12-19)17-5-2-1-3-6-17/h1-14H,15H2,(H2,23,27). The molecule has 1 amide bonds. The summed E-state index contributed by atoms with van der Waals surface area (Å²) < 4.78 is 1.83. The van der Waals surface area contributed by atoms with Crippen LogP contribution in [0.1, 0.15) is 15.9 Å². The second kappa shape index (κ2) is 7.25. The molecule has 27 heavy (non-hydrogen) atoms. The summed E-state index contributed by atoms with van der Waals surface area (Å²) in [4.78, 5) is 15.4. The van der Waals surface area contributed by atoms with Crippen molar-refractivity contribution in [3.8, 4) is 22.4 Å². The van der Waals surface area contributed by atoms with Gasteiger partial charge in [0.2, 0.25) is 5.91 Å². The van der Waals surface area contributed by atoms with E-state index in [1.807, 2.05) is 47.3 Å². The number of carbonyl (C=O) groups excluding carboxylic acids is 1. The third-order valence-corrected chi connectivity index (χ3v) is 4.33. The van der Waals surface area contributed by atoms with Crippen LogP contribution in [0.3, 0.4) is 0 Å². The van der Waals surface area contributed by atoms with Crippen molar-refractivity contribution in [2.24, 2.45) is 5.73 Å². The average Bonchev–Trinajstić information content (AvgIpc) is 3.17. The molecule has 0 aliphatic rings. The van der Waals surface area contributed by atoms with Gasteiger partial charge in [0.15, 0.2) is 0 Å². The number of nitrogens with two attached hydrogens (primary N) is 1. The van der Waals surface area contributed by atoms with Crippen LogP contribution in [0.4, 0.5) is 0 Å². The van der Waals surface area contributed by atoms with Crippen LogP contribution in [0.5, 0.6) is 0 Å². The maximum atomic E-state index is 11.3. The van der Waals surface area contributed by atoms with Crippen molar-refractivity contribution in [1.29, 1.82) is 0 Å². The number of rotatable bonds is 5. The van der Waals surface area contributed by atoms with Gasteiger partial charge in [-0.2, -0.15) is 5.10 Å². The zero-order valence-electron chi connectivity index (χ0n) is 14.6. The maximum Gasteiger partial charge on any atom is 0.250 e. The molecule has 0 saturated heterocycles. The lowest BCUT2D eigenvalue weighted by Gasteiger charge is -2.05. The first-order valence-electron chi connectivity index (χ1n) is 8.62. The van der Waals surface area contributed by atoms with Gasteiger partial charge in [-0.1, -0.05) is 48.5 Å². The lowest BCUT2D eigenvalue weighted by Crippen LogP contribution is -2.12. The van der Waals surface area contributed by atoms with E-state index in [1.165, 1.54) is 11.8 Å². The first-order chi connectivity index (χ1) is 13.2. The van der Waals surface area contributed by atoms with E-state index in [1.54, 1.807) is 12.3 Å². The van der Waals surface area contributed by atoms with Gasteiger partial charge >= 0.3 is 0 Å². The molecule has 0 radical (unpaired) electrons. The molecule has 0 aliphatic carbocycles. The van der Waals surface area contributed by atoms with Crippen molar-refractivity contribution in [3.05, 3.63) is 96.4 Å². The molecule has 5 nitrogen and oxygen atoms in total. The Hall–Kier alpha value is -3.73. The minimum Gasteiger partial charge on any atom is -0.366 e. The molecule has 2 heterocycles. The van der Waals surface area contributed by atoms with Crippen molar-refractivity contribution in [2.75, 3.05) is 0 Å². The number of nitrogens with zero attached hydrogens (tertiary/aromatic N) is 3. The van der Waals surface area contributed by atoms with E-state index < -0.39 is 5.91 Å². The van der Waals surface area contributed by atoms with Crippen molar-refractivity contribution in [3.63, 3.8) is 0 Å². The first-order valence-corrected chi connectivity index (χ1v) is 8.62. The van der Waals surface area contributed by atoms with E-state index in [9.17, 15) is 4.79 Å². The Bertz CT molecular complexity index is 1090. The molecule has 0 bridgehead atoms. The smallest absolute Gasteiger partial charge is 0.250 e. The van der Waals surface area contributed by atoms with Crippen LogP contribution in [-0.2, 0) is 6.54 Å². The van der Waals surface area contributed by atoms with Gasteiger partial charge in [-0.3, -0.25) is 14.5 Å². The molecule has 0 fully saturated rings. The molecule has 4 rings (SSSR count). The second-order valence-electron chi connectivity index (χ2n) is 6.29. The minimum atomic E-state index is -0.483. The summed E-state index contributed by atoms with van der Waals surface area (Å²) in [6.07, 6.45) is 5.10. The number of primary amides is 1. The largest absolute Gasteiger partial charge is 0.366 e. The molecular weight excluding hydrogens is 336 g/mol. The van der Waals surface area contributed by atoms with E-state index in [0.29, 0.717) is 12.1 Å². The molecule has 0 unspecified atom stereocenters. The van der Waals surface area contributed by atoms with E-state index in [4.69, 9.17) is 5.73 Å². The molecule has 0 aliphatic heterocycles.